The van der Waals surface area contributed by atoms with Gasteiger partial charge in [-0.1, -0.05) is 77.3 Å². The number of nitrogens with one attached hydrogen (secondary N) is 2. The maximum Gasteiger partial charge on any atom is 0.313 e. The third-order valence-electron chi connectivity index (χ3n) is 23.6. The number of carbonyl (C=O) groups is 3. The summed E-state index contributed by atoms with van der Waals surface area (Å²) >= 11 is 0. The van der Waals surface area contributed by atoms with Gasteiger partial charge in [0.2, 0.25) is 0 Å². The van der Waals surface area contributed by atoms with E-state index in [-0.39, 0.29) is 123 Å². The average molecular weight is 1220 g/mol. The Kier molecular flexibility index (Phi) is 16.9. The first kappa shape index (κ1) is 61.6. The number of aliphatic imine (C=N–C) groups is 1. The normalized spacial score (nSPS) is 44.8. The van der Waals surface area contributed by atoms with Crippen LogP contribution in [0.4, 0.5) is 0 Å². The Hall–Kier alpha value is -4.66. The second-order valence-electron chi connectivity index (χ2n) is 28.0. The molecular formula is C66H87N5O13S2. The summed E-state index contributed by atoms with van der Waals surface area (Å²) in [5.41, 5.74) is 8.43. The van der Waals surface area contributed by atoms with Gasteiger partial charge in [-0.15, -0.1) is 5.92 Å². The van der Waals surface area contributed by atoms with Crippen LogP contribution in [0, 0.1) is 106 Å². The number of rotatable bonds is 8. The number of aromatic amines is 1. The van der Waals surface area contributed by atoms with Gasteiger partial charge in [0.1, 0.15) is 11.8 Å². The molecule has 24 atom stereocenters. The fourth-order valence-electron chi connectivity index (χ4n) is 19.9. The second-order valence-corrected chi connectivity index (χ2v) is 30.6. The monoisotopic (exact) mass is 1220 g/mol. The van der Waals surface area contributed by atoms with E-state index < -0.39 is 136 Å². The van der Waals surface area contributed by atoms with Crippen LogP contribution >= 0.6 is 21.6 Å². The number of phenols is 1. The molecule has 15 N–H and O–H groups in total. The highest BCUT2D eigenvalue weighted by molar-refractivity contribution is 8.76. The first-order valence-electron chi connectivity index (χ1n) is 31.3. The van der Waals surface area contributed by atoms with E-state index in [0.717, 1.165) is 30.4 Å². The van der Waals surface area contributed by atoms with E-state index in [1.807, 2.05) is 19.2 Å². The van der Waals surface area contributed by atoms with Gasteiger partial charge in [-0.2, -0.15) is 0 Å². The minimum absolute atomic E-state index is 0.00389. The summed E-state index contributed by atoms with van der Waals surface area (Å²) in [5, 5.41) is 115. The molecule has 0 radical (unpaired) electrons. The minimum Gasteiger partial charge on any atom is -0.508 e. The molecule has 0 unspecified atom stereocenters. The van der Waals surface area contributed by atoms with Crippen LogP contribution < -0.4 is 16.8 Å². The summed E-state index contributed by atoms with van der Waals surface area (Å²) in [6.07, 6.45) is 7.01. The van der Waals surface area contributed by atoms with Crippen molar-refractivity contribution >= 4 is 45.1 Å². The van der Waals surface area contributed by atoms with Crippen LogP contribution in [0.15, 0.2) is 82.8 Å². The number of hydrogen-bond acceptors (Lipinski definition) is 17. The van der Waals surface area contributed by atoms with E-state index in [0.29, 0.717) is 11.7 Å². The quantitative estimate of drug-likeness (QED) is 0.0328. The van der Waals surface area contributed by atoms with Gasteiger partial charge >= 0.3 is 5.97 Å². The molecule has 6 fully saturated rings. The Bertz CT molecular complexity index is 3100. The van der Waals surface area contributed by atoms with Crippen LogP contribution in [-0.4, -0.2) is 148 Å². The smallest absolute Gasteiger partial charge is 0.313 e. The molecule has 8 aliphatic carbocycles. The van der Waals surface area contributed by atoms with Gasteiger partial charge in [0.15, 0.2) is 23.8 Å². The lowest BCUT2D eigenvalue weighted by molar-refractivity contribution is -0.201. The molecule has 4 saturated carbocycles. The fourth-order valence-corrected chi connectivity index (χ4v) is 22.7. The Morgan fingerprint density at radius 2 is 1.72 bits per heavy atom. The second kappa shape index (κ2) is 23.6. The number of esters is 1. The third kappa shape index (κ3) is 10.2. The number of H-pyrrole nitrogens is 1. The predicted octanol–water partition coefficient (Wildman–Crippen LogP) is 4.56. The minimum atomic E-state index is -2.13. The molecule has 2 saturated heterocycles. The molecule has 1 aromatic heterocycles. The summed E-state index contributed by atoms with van der Waals surface area (Å²) in [4.78, 5) is 52.8. The maximum absolute atomic E-state index is 16.2. The zero-order chi connectivity index (χ0) is 60.9. The van der Waals surface area contributed by atoms with Crippen molar-refractivity contribution < 1.29 is 65.1 Å². The number of aromatic hydroxyl groups is 1. The van der Waals surface area contributed by atoms with E-state index in [9.17, 15) is 55.5 Å². The maximum atomic E-state index is 16.2. The Morgan fingerprint density at radius 1 is 0.953 bits per heavy atom. The number of benzene rings is 1. The number of cyclic esters (lactones) is 1. The van der Waals surface area contributed by atoms with Crippen molar-refractivity contribution in [2.24, 2.45) is 110 Å². The van der Waals surface area contributed by atoms with E-state index in [1.54, 1.807) is 37.4 Å². The van der Waals surface area contributed by atoms with Crippen molar-refractivity contribution in [3.8, 4) is 17.6 Å². The Labute approximate surface area is 511 Å². The van der Waals surface area contributed by atoms with Crippen LogP contribution in [-0.2, 0) is 19.1 Å². The van der Waals surface area contributed by atoms with Crippen molar-refractivity contribution in [3.05, 3.63) is 88.9 Å². The van der Waals surface area contributed by atoms with E-state index >= 15 is 4.79 Å². The third-order valence-corrected chi connectivity index (χ3v) is 26.1. The highest BCUT2D eigenvalue weighted by Gasteiger charge is 2.75. The molecule has 1 aromatic carbocycles. The highest BCUT2D eigenvalue weighted by Crippen LogP contribution is 2.73. The summed E-state index contributed by atoms with van der Waals surface area (Å²) in [7, 11) is 2.93. The number of aromatic nitrogens is 1. The predicted molar refractivity (Wildman–Crippen MR) is 325 cm³/mol. The number of fused-ring (bicyclic) bond motifs is 8. The largest absolute Gasteiger partial charge is 0.508 e. The molecule has 18 nitrogen and oxygen atoms in total. The molecule has 2 aromatic rings. The number of nitrogens with two attached hydrogens (primary N) is 2. The van der Waals surface area contributed by atoms with Crippen molar-refractivity contribution in [2.75, 3.05) is 31.3 Å². The number of hydrogen-bond donors (Lipinski definition) is 13. The number of phenolic OH excluding ortho intramolecular Hbond substituents is 1. The number of guanidine groups is 1. The molecule has 12 rings (SSSR count). The first-order chi connectivity index (χ1) is 41.0. The van der Waals surface area contributed by atoms with Crippen LogP contribution in [0.25, 0.3) is 0 Å². The van der Waals surface area contributed by atoms with E-state index in [4.69, 9.17) is 16.2 Å². The van der Waals surface area contributed by atoms with Crippen LogP contribution in [0.2, 0.25) is 0 Å². The molecule has 2 aliphatic heterocycles. The number of carbonyl (C=O) groups excluding carboxylic acids is 3. The topological polar surface area (TPSA) is 335 Å². The number of ketones is 2. The van der Waals surface area contributed by atoms with Gasteiger partial charge in [0.25, 0.3) is 0 Å². The molecule has 3 heterocycles. The Morgan fingerprint density at radius 3 is 2.44 bits per heavy atom. The zero-order valence-corrected chi connectivity index (χ0v) is 50.9. The summed E-state index contributed by atoms with van der Waals surface area (Å²) < 4.78 is 5.99. The van der Waals surface area contributed by atoms with Crippen LogP contribution in [0.5, 0.6) is 5.75 Å². The Balaban J connectivity index is 1.05. The molecule has 10 aliphatic rings. The van der Waals surface area contributed by atoms with Crippen LogP contribution in [0.3, 0.4) is 0 Å². The first-order valence-corrected chi connectivity index (χ1v) is 33.8. The van der Waals surface area contributed by atoms with Crippen molar-refractivity contribution in [1.29, 1.82) is 0 Å². The molecule has 0 spiro atoms. The van der Waals surface area contributed by atoms with Gasteiger partial charge in [-0.05, 0) is 152 Å². The SMILES string of the molecule is C[C@@H]1CCC2=C[C@@H]3C=C[C@H]4[C@H]([C@H]5COC(=O)[C@H]5c5cc[nH]c5)C#CC[C@@H]5C[C@@]6(O)C7=C8N[C@@H](CO)C(=O)C[C@H](c9ccc(O)cc9)CSSC[C@H]9[C@@H](O)[C@@H](O)C[C@@](C)([C@@H]9C8=O)[C@H]7CC[C@]6(CCN=C(N)N)[C@H]5[C@@](C)(O)[C@H](O)C[C@@H](C(O)O)[C@H]3[C@H]4[C@H]2C1. The molecule has 0 amide bonds. The number of allylic oxidation sites excluding steroid dienone is 5. The molecule has 20 heteroatoms. The van der Waals surface area contributed by atoms with Gasteiger partial charge in [-0.25, -0.2) is 0 Å². The summed E-state index contributed by atoms with van der Waals surface area (Å²) in [6, 6.07) is 7.13. The van der Waals surface area contributed by atoms with Gasteiger partial charge < -0.3 is 72.5 Å². The molecular weight excluding hydrogens is 1130 g/mol. The lowest BCUT2D eigenvalue weighted by atomic mass is 9.43. The van der Waals surface area contributed by atoms with Crippen LogP contribution in [0.1, 0.15) is 114 Å². The van der Waals surface area contributed by atoms with Crippen molar-refractivity contribution in [2.45, 2.75) is 145 Å². The molecule has 86 heavy (non-hydrogen) atoms. The highest BCUT2D eigenvalue weighted by atomic mass is 33.1. The number of Topliss-reactive ketones (excluding diaryl/α,β-unsaturated/α-hetero) is 2. The van der Waals surface area contributed by atoms with Gasteiger partial charge in [0, 0.05) is 90.1 Å². The van der Waals surface area contributed by atoms with Gasteiger partial charge in [0.05, 0.1) is 54.3 Å². The van der Waals surface area contributed by atoms with E-state index in [1.165, 1.54) is 27.2 Å². The molecule has 6 bridgehead atoms. The molecule has 466 valence electrons. The zero-order valence-electron chi connectivity index (χ0n) is 49.3. The number of aliphatic hydroxyl groups excluding tert-OH is 5. The fraction of sp³-hybridized carbons (Fsp3) is 0.667. The lowest BCUT2D eigenvalue weighted by Crippen LogP contribution is -2.67. The van der Waals surface area contributed by atoms with Gasteiger partial charge in [-0.3, -0.25) is 19.4 Å². The standard InChI is InChI=1S/C66H87N5O13S2/c1-32-7-8-34-22-35-11-14-41-40(44-29-84-61(81)52(44)37-16-19-69-27-37)6-4-5-36-25-66(83)55-46(15-17-65(66,18-20-70-62(67)68)59(36)64(3,82)50(76)24-43(60(79)80)51(35)53(41)42(34)21-32)63(2)26-49(75)57(77)45-31-86-85-30-38(33-9-12-39(73)13-10-33)23-48(74)47(28-72)71-56(55)58(78)54(45)63/h9-14,16,19,22,27,32,35-36,38,40-47,49-54,57,59-60,69,71-73,75-77,79-80,82-83H,5,7-8,15,17-18,20-21,23-26,28-31H2,1-3H3,(H4,67,68,70)/t32-,35+,36-,38+,40-,41+,42+,43-,44-,45-,46+,47+,49+,50-,51+,52+,53-,54+,57-,59-,63-,64+,65+,66-/m1/s1. The summed E-state index contributed by atoms with van der Waals surface area (Å²) in [5.74, 6) is -1.28. The summed E-state index contributed by atoms with van der Waals surface area (Å²) in [6.45, 7) is 5.07. The van der Waals surface area contributed by atoms with E-state index in [2.05, 4.69) is 52.3 Å². The average Bonchev–Trinajstić information content (AvgIpc) is 1.37. The van der Waals surface area contributed by atoms with Crippen molar-refractivity contribution in [1.82, 2.24) is 10.3 Å². The number of ether oxygens (including phenoxy) is 1. The van der Waals surface area contributed by atoms with Crippen molar-refractivity contribution in [3.63, 3.8) is 0 Å². The lowest BCUT2D eigenvalue weighted by Gasteiger charge is -2.63. The number of aliphatic hydroxyl groups is 8. The number of nitrogens with zero attached hydrogens (tertiary/aromatic N) is 1.